The molecule has 0 aliphatic heterocycles. The van der Waals surface area contributed by atoms with Crippen molar-refractivity contribution < 1.29 is 4.42 Å². The van der Waals surface area contributed by atoms with Gasteiger partial charge in [-0.2, -0.15) is 10.2 Å². The van der Waals surface area contributed by atoms with Crippen LogP contribution in [-0.2, 0) is 6.42 Å². The second kappa shape index (κ2) is 3.92. The first kappa shape index (κ1) is 9.55. The molecule has 1 aromatic heterocycles. The van der Waals surface area contributed by atoms with Gasteiger partial charge in [-0.1, -0.05) is 0 Å². The summed E-state index contributed by atoms with van der Waals surface area (Å²) in [6.07, 6.45) is 0.558. The molecule has 0 radical (unpaired) electrons. The Kier molecular flexibility index (Phi) is 2.88. The molecule has 1 aromatic rings. The average molecular weight is 180 g/mol. The minimum Gasteiger partial charge on any atom is -0.428 e. The van der Waals surface area contributed by atoms with Gasteiger partial charge in [-0.05, 0) is 0 Å². The number of aromatic nitrogens is 1. The van der Waals surface area contributed by atoms with Crippen molar-refractivity contribution in [2.45, 2.75) is 6.42 Å². The monoisotopic (exact) mass is 180 g/mol. The van der Waals surface area contributed by atoms with Crippen LogP contribution >= 0.6 is 0 Å². The normalized spacial score (nSPS) is 9.69. The largest absolute Gasteiger partial charge is 0.428 e. The number of rotatable bonds is 3. The quantitative estimate of drug-likeness (QED) is 0.714. The van der Waals surface area contributed by atoms with E-state index in [9.17, 15) is 0 Å². The molecular weight excluding hydrogens is 168 g/mol. The topological polar surface area (TPSA) is 79.1 Å². The molecule has 5 heteroatoms. The van der Waals surface area contributed by atoms with E-state index < -0.39 is 0 Å². The van der Waals surface area contributed by atoms with Crippen LogP contribution in [0, 0.1) is 11.3 Å². The van der Waals surface area contributed by atoms with E-state index in [-0.39, 0.29) is 5.76 Å². The summed E-state index contributed by atoms with van der Waals surface area (Å²) in [5.41, 5.74) is 5.34. The molecule has 0 atom stereocenters. The Morgan fingerprint density at radius 3 is 2.69 bits per heavy atom. The zero-order valence-electron chi connectivity index (χ0n) is 7.74. The molecule has 0 saturated heterocycles. The molecule has 0 bridgehead atoms. The van der Waals surface area contributed by atoms with E-state index in [1.54, 1.807) is 4.90 Å². The molecule has 70 valence electrons. The Morgan fingerprint density at radius 1 is 1.62 bits per heavy atom. The third kappa shape index (κ3) is 1.98. The van der Waals surface area contributed by atoms with Crippen LogP contribution in [0.5, 0.6) is 0 Å². The van der Waals surface area contributed by atoms with E-state index in [2.05, 4.69) is 4.98 Å². The summed E-state index contributed by atoms with van der Waals surface area (Å²) in [5.74, 6) is 1.32. The Hall–Kier alpha value is -1.54. The molecule has 0 spiro atoms. The summed E-state index contributed by atoms with van der Waals surface area (Å²) >= 11 is 0. The van der Waals surface area contributed by atoms with E-state index in [4.69, 9.17) is 15.4 Å². The summed E-state index contributed by atoms with van der Waals surface area (Å²) in [7, 11) is 3.62. The lowest BCUT2D eigenvalue weighted by Gasteiger charge is -2.05. The van der Waals surface area contributed by atoms with Gasteiger partial charge >= 0.3 is 0 Å². The lowest BCUT2D eigenvalue weighted by atomic mass is 10.4. The SMILES string of the molecule is CN(C)c1nc(CCN)oc1C#N. The fourth-order valence-corrected chi connectivity index (χ4v) is 0.961. The van der Waals surface area contributed by atoms with Crippen LogP contribution in [-0.4, -0.2) is 25.6 Å². The van der Waals surface area contributed by atoms with E-state index >= 15 is 0 Å². The van der Waals surface area contributed by atoms with Crippen LogP contribution in [0.15, 0.2) is 4.42 Å². The molecule has 2 N–H and O–H groups in total. The van der Waals surface area contributed by atoms with E-state index in [0.717, 1.165) is 0 Å². The third-order valence-electron chi connectivity index (χ3n) is 1.54. The van der Waals surface area contributed by atoms with E-state index in [0.29, 0.717) is 24.7 Å². The minimum absolute atomic E-state index is 0.244. The summed E-state index contributed by atoms with van der Waals surface area (Å²) < 4.78 is 5.17. The molecule has 1 heterocycles. The lowest BCUT2D eigenvalue weighted by molar-refractivity contribution is 0.486. The zero-order chi connectivity index (χ0) is 9.84. The number of oxazole rings is 1. The van der Waals surface area contributed by atoms with Gasteiger partial charge in [0.05, 0.1) is 0 Å². The molecule has 0 aromatic carbocycles. The molecule has 0 unspecified atom stereocenters. The number of anilines is 1. The van der Waals surface area contributed by atoms with Crippen LogP contribution in [0.25, 0.3) is 0 Å². The third-order valence-corrected chi connectivity index (χ3v) is 1.54. The van der Waals surface area contributed by atoms with Crippen molar-refractivity contribution in [2.75, 3.05) is 25.5 Å². The van der Waals surface area contributed by atoms with Gasteiger partial charge < -0.3 is 15.1 Å². The highest BCUT2D eigenvalue weighted by Crippen LogP contribution is 2.17. The standard InChI is InChI=1S/C8H12N4O/c1-12(2)8-6(5-10)13-7(11-8)3-4-9/h3-4,9H2,1-2H3. The highest BCUT2D eigenvalue weighted by atomic mass is 16.4. The second-order valence-electron chi connectivity index (χ2n) is 2.81. The zero-order valence-corrected chi connectivity index (χ0v) is 7.74. The van der Waals surface area contributed by atoms with Crippen LogP contribution < -0.4 is 10.6 Å². The number of nitrogens with two attached hydrogens (primary N) is 1. The van der Waals surface area contributed by atoms with Crippen LogP contribution in [0.1, 0.15) is 11.7 Å². The maximum atomic E-state index is 8.71. The maximum absolute atomic E-state index is 8.71. The highest BCUT2D eigenvalue weighted by molar-refractivity contribution is 5.47. The maximum Gasteiger partial charge on any atom is 0.248 e. The number of hydrogen-bond donors (Lipinski definition) is 1. The summed E-state index contributed by atoms with van der Waals surface area (Å²) in [4.78, 5) is 5.87. The first-order valence-electron chi connectivity index (χ1n) is 3.96. The minimum atomic E-state index is 0.244. The summed E-state index contributed by atoms with van der Waals surface area (Å²) in [5, 5.41) is 8.71. The first-order valence-corrected chi connectivity index (χ1v) is 3.96. The molecule has 13 heavy (non-hydrogen) atoms. The number of hydrogen-bond acceptors (Lipinski definition) is 5. The predicted octanol–water partition coefficient (Wildman–Crippen LogP) is 0.113. The van der Waals surface area contributed by atoms with Gasteiger partial charge in [0.15, 0.2) is 11.7 Å². The molecule has 0 saturated carbocycles. The van der Waals surface area contributed by atoms with Gasteiger partial charge in [0.1, 0.15) is 6.07 Å². The molecule has 0 aliphatic rings. The molecule has 5 nitrogen and oxygen atoms in total. The van der Waals surface area contributed by atoms with Gasteiger partial charge in [-0.15, -0.1) is 0 Å². The van der Waals surface area contributed by atoms with Crippen molar-refractivity contribution in [1.29, 1.82) is 5.26 Å². The van der Waals surface area contributed by atoms with Crippen LogP contribution in [0.3, 0.4) is 0 Å². The summed E-state index contributed by atoms with van der Waals surface area (Å²) in [6.45, 7) is 0.470. The molecule has 1 rings (SSSR count). The number of nitriles is 1. The number of nitrogens with zero attached hydrogens (tertiary/aromatic N) is 3. The second-order valence-corrected chi connectivity index (χ2v) is 2.81. The van der Waals surface area contributed by atoms with E-state index in [1.165, 1.54) is 0 Å². The van der Waals surface area contributed by atoms with Gasteiger partial charge in [-0.25, -0.2) is 0 Å². The molecule has 0 fully saturated rings. The Morgan fingerprint density at radius 2 is 2.31 bits per heavy atom. The molecular formula is C8H12N4O. The fourth-order valence-electron chi connectivity index (χ4n) is 0.961. The fraction of sp³-hybridized carbons (Fsp3) is 0.500. The van der Waals surface area contributed by atoms with Gasteiger partial charge in [-0.3, -0.25) is 0 Å². The summed E-state index contributed by atoms with van der Waals surface area (Å²) in [6, 6.07) is 1.94. The van der Waals surface area contributed by atoms with Crippen molar-refractivity contribution >= 4 is 5.82 Å². The van der Waals surface area contributed by atoms with Crippen molar-refractivity contribution in [2.24, 2.45) is 5.73 Å². The molecule has 0 amide bonds. The molecule has 0 aliphatic carbocycles. The van der Waals surface area contributed by atoms with Crippen LogP contribution in [0.2, 0.25) is 0 Å². The van der Waals surface area contributed by atoms with Crippen molar-refractivity contribution in [3.8, 4) is 6.07 Å². The predicted molar refractivity (Wildman–Crippen MR) is 48.3 cm³/mol. The van der Waals surface area contributed by atoms with E-state index in [1.807, 2.05) is 20.2 Å². The Balaban J connectivity index is 2.99. The van der Waals surface area contributed by atoms with Gasteiger partial charge in [0.25, 0.3) is 0 Å². The lowest BCUT2D eigenvalue weighted by Crippen LogP contribution is -2.10. The van der Waals surface area contributed by atoms with Gasteiger partial charge in [0, 0.05) is 27.1 Å². The Bertz CT molecular complexity index is 323. The first-order chi connectivity index (χ1) is 6.19. The van der Waals surface area contributed by atoms with Crippen LogP contribution in [0.4, 0.5) is 5.82 Å². The smallest absolute Gasteiger partial charge is 0.248 e. The van der Waals surface area contributed by atoms with Gasteiger partial charge in [0.2, 0.25) is 5.76 Å². The van der Waals surface area contributed by atoms with Crippen molar-refractivity contribution in [3.63, 3.8) is 0 Å². The highest BCUT2D eigenvalue weighted by Gasteiger charge is 2.13. The average Bonchev–Trinajstić information content (AvgIpc) is 2.48. The Labute approximate surface area is 76.8 Å². The van der Waals surface area contributed by atoms with Crippen molar-refractivity contribution in [1.82, 2.24) is 4.98 Å². The van der Waals surface area contributed by atoms with Crippen molar-refractivity contribution in [3.05, 3.63) is 11.7 Å².